The molecule has 0 aromatic heterocycles. The first-order valence-electron chi connectivity index (χ1n) is 5.29. The first-order valence-corrected chi connectivity index (χ1v) is 5.29. The maximum atomic E-state index is 11.7. The van der Waals surface area contributed by atoms with Crippen LogP contribution in [0.25, 0.3) is 0 Å². The second kappa shape index (κ2) is 5.51. The predicted octanol–water partition coefficient (Wildman–Crippen LogP) is 1.49. The lowest BCUT2D eigenvalue weighted by Crippen LogP contribution is -2.28. The van der Waals surface area contributed by atoms with E-state index in [2.05, 4.69) is 10.6 Å². The van der Waals surface area contributed by atoms with Gasteiger partial charge >= 0.3 is 0 Å². The molecule has 1 unspecified atom stereocenters. The molecule has 0 radical (unpaired) electrons. The van der Waals surface area contributed by atoms with Crippen molar-refractivity contribution in [2.75, 3.05) is 18.9 Å². The number of hydrogen-bond donors (Lipinski definition) is 3. The Morgan fingerprint density at radius 3 is 2.81 bits per heavy atom. The minimum absolute atomic E-state index is 0.0932. The molecule has 16 heavy (non-hydrogen) atoms. The zero-order chi connectivity index (χ0) is 12.1. The van der Waals surface area contributed by atoms with E-state index >= 15 is 0 Å². The fraction of sp³-hybridized carbons (Fsp3) is 0.417. The number of phenols is 1. The highest BCUT2D eigenvalue weighted by Gasteiger charge is 2.13. The van der Waals surface area contributed by atoms with Gasteiger partial charge < -0.3 is 15.7 Å². The van der Waals surface area contributed by atoms with Crippen LogP contribution >= 0.6 is 0 Å². The molecule has 4 heteroatoms. The van der Waals surface area contributed by atoms with E-state index in [4.69, 9.17) is 0 Å². The van der Waals surface area contributed by atoms with Crippen LogP contribution < -0.4 is 10.6 Å². The summed E-state index contributed by atoms with van der Waals surface area (Å²) in [7, 11) is 1.80. The van der Waals surface area contributed by atoms with E-state index in [0.29, 0.717) is 12.2 Å². The number of carbonyl (C=O) groups excluding carboxylic acids is 1. The van der Waals surface area contributed by atoms with Crippen LogP contribution in [0.1, 0.15) is 12.5 Å². The van der Waals surface area contributed by atoms with Crippen molar-refractivity contribution < 1.29 is 9.90 Å². The lowest BCUT2D eigenvalue weighted by atomic mass is 10.1. The summed E-state index contributed by atoms with van der Waals surface area (Å²) in [6.07, 6.45) is 0. The van der Waals surface area contributed by atoms with Crippen molar-refractivity contribution in [2.24, 2.45) is 5.92 Å². The SMILES string of the molecule is CNCC(C)C(=O)Nc1cc(C)ccc1O. The molecule has 1 aromatic carbocycles. The standard InChI is InChI=1S/C12H18N2O2/c1-8-4-5-11(15)10(6-8)14-12(16)9(2)7-13-3/h4-6,9,13,15H,7H2,1-3H3,(H,14,16). The van der Waals surface area contributed by atoms with Crippen LogP contribution in [-0.2, 0) is 4.79 Å². The van der Waals surface area contributed by atoms with Crippen molar-refractivity contribution in [3.8, 4) is 5.75 Å². The Hall–Kier alpha value is -1.55. The molecule has 88 valence electrons. The average molecular weight is 222 g/mol. The zero-order valence-corrected chi connectivity index (χ0v) is 9.87. The van der Waals surface area contributed by atoms with Crippen molar-refractivity contribution in [2.45, 2.75) is 13.8 Å². The van der Waals surface area contributed by atoms with Crippen molar-refractivity contribution in [3.63, 3.8) is 0 Å². The minimum atomic E-state index is -0.134. The van der Waals surface area contributed by atoms with Gasteiger partial charge in [0.05, 0.1) is 5.69 Å². The number of aromatic hydroxyl groups is 1. The lowest BCUT2D eigenvalue weighted by molar-refractivity contribution is -0.119. The first-order chi connectivity index (χ1) is 7.54. The summed E-state index contributed by atoms with van der Waals surface area (Å²) in [5.74, 6) is -0.143. The minimum Gasteiger partial charge on any atom is -0.506 e. The molecule has 4 nitrogen and oxygen atoms in total. The van der Waals surface area contributed by atoms with E-state index in [0.717, 1.165) is 5.56 Å². The van der Waals surface area contributed by atoms with Gasteiger partial charge in [-0.2, -0.15) is 0 Å². The van der Waals surface area contributed by atoms with E-state index in [-0.39, 0.29) is 17.6 Å². The molecule has 1 amide bonds. The molecule has 0 bridgehead atoms. The van der Waals surface area contributed by atoms with Gasteiger partial charge in [0.15, 0.2) is 0 Å². The van der Waals surface area contributed by atoms with E-state index in [1.165, 1.54) is 0 Å². The number of aryl methyl sites for hydroxylation is 1. The number of anilines is 1. The van der Waals surface area contributed by atoms with Gasteiger partial charge in [0, 0.05) is 12.5 Å². The highest BCUT2D eigenvalue weighted by atomic mass is 16.3. The molecule has 1 atom stereocenters. The first kappa shape index (κ1) is 12.5. The molecule has 3 N–H and O–H groups in total. The van der Waals surface area contributed by atoms with Crippen LogP contribution in [0.3, 0.4) is 0 Å². The Bertz CT molecular complexity index is 377. The summed E-state index contributed by atoms with van der Waals surface area (Å²) in [6, 6.07) is 5.12. The number of carbonyl (C=O) groups is 1. The van der Waals surface area contributed by atoms with Crippen molar-refractivity contribution in [3.05, 3.63) is 23.8 Å². The molecular weight excluding hydrogens is 204 g/mol. The Labute approximate surface area is 95.7 Å². The second-order valence-electron chi connectivity index (χ2n) is 3.97. The molecule has 0 heterocycles. The van der Waals surface area contributed by atoms with E-state index in [9.17, 15) is 9.90 Å². The highest BCUT2D eigenvalue weighted by molar-refractivity contribution is 5.93. The van der Waals surface area contributed by atoms with E-state index in [1.54, 1.807) is 25.2 Å². The van der Waals surface area contributed by atoms with Gasteiger partial charge in [0.2, 0.25) is 5.91 Å². The average Bonchev–Trinajstić information content (AvgIpc) is 2.23. The van der Waals surface area contributed by atoms with Gasteiger partial charge in [-0.25, -0.2) is 0 Å². The van der Waals surface area contributed by atoms with Crippen LogP contribution in [0.2, 0.25) is 0 Å². The molecular formula is C12H18N2O2. The van der Waals surface area contributed by atoms with Crippen molar-refractivity contribution >= 4 is 11.6 Å². The molecule has 0 saturated carbocycles. The van der Waals surface area contributed by atoms with Crippen LogP contribution in [0.15, 0.2) is 18.2 Å². The maximum absolute atomic E-state index is 11.7. The largest absolute Gasteiger partial charge is 0.506 e. The molecule has 1 aromatic rings. The topological polar surface area (TPSA) is 61.4 Å². The summed E-state index contributed by atoms with van der Waals surface area (Å²) < 4.78 is 0. The number of benzene rings is 1. The second-order valence-corrected chi connectivity index (χ2v) is 3.97. The quantitative estimate of drug-likeness (QED) is 0.676. The van der Waals surface area contributed by atoms with Crippen LogP contribution in [0.5, 0.6) is 5.75 Å². The summed E-state index contributed by atoms with van der Waals surface area (Å²) in [4.78, 5) is 11.7. The number of phenolic OH excluding ortho intramolecular Hbond substituents is 1. The van der Waals surface area contributed by atoms with Crippen LogP contribution in [0.4, 0.5) is 5.69 Å². The van der Waals surface area contributed by atoms with E-state index in [1.807, 2.05) is 13.8 Å². The Morgan fingerprint density at radius 2 is 2.19 bits per heavy atom. The number of nitrogens with one attached hydrogen (secondary N) is 2. The normalized spacial score (nSPS) is 12.2. The molecule has 0 spiro atoms. The van der Waals surface area contributed by atoms with Crippen LogP contribution in [0, 0.1) is 12.8 Å². The van der Waals surface area contributed by atoms with Gasteiger partial charge in [-0.1, -0.05) is 13.0 Å². The Morgan fingerprint density at radius 1 is 1.50 bits per heavy atom. The highest BCUT2D eigenvalue weighted by Crippen LogP contribution is 2.24. The molecule has 0 aliphatic heterocycles. The van der Waals surface area contributed by atoms with Gasteiger partial charge in [0.25, 0.3) is 0 Å². The molecule has 0 fully saturated rings. The summed E-state index contributed by atoms with van der Waals surface area (Å²) >= 11 is 0. The van der Waals surface area contributed by atoms with Gasteiger partial charge in [-0.3, -0.25) is 4.79 Å². The Balaban J connectivity index is 2.72. The monoisotopic (exact) mass is 222 g/mol. The van der Waals surface area contributed by atoms with Gasteiger partial charge in [-0.15, -0.1) is 0 Å². The van der Waals surface area contributed by atoms with Crippen molar-refractivity contribution in [1.29, 1.82) is 0 Å². The molecule has 0 aliphatic rings. The maximum Gasteiger partial charge on any atom is 0.228 e. The van der Waals surface area contributed by atoms with Crippen LogP contribution in [-0.4, -0.2) is 24.6 Å². The number of hydrogen-bond acceptors (Lipinski definition) is 3. The fourth-order valence-electron chi connectivity index (χ4n) is 1.40. The third-order valence-electron chi connectivity index (χ3n) is 2.37. The lowest BCUT2D eigenvalue weighted by Gasteiger charge is -2.12. The summed E-state index contributed by atoms with van der Waals surface area (Å²) in [5, 5.41) is 15.2. The van der Waals surface area contributed by atoms with Crippen molar-refractivity contribution in [1.82, 2.24) is 5.32 Å². The summed E-state index contributed by atoms with van der Waals surface area (Å²) in [5.41, 5.74) is 1.46. The smallest absolute Gasteiger partial charge is 0.228 e. The molecule has 0 saturated heterocycles. The number of rotatable bonds is 4. The predicted molar refractivity (Wildman–Crippen MR) is 64.6 cm³/mol. The third kappa shape index (κ3) is 3.24. The fourth-order valence-corrected chi connectivity index (χ4v) is 1.40. The zero-order valence-electron chi connectivity index (χ0n) is 9.87. The molecule has 1 rings (SSSR count). The number of amides is 1. The van der Waals surface area contributed by atoms with Gasteiger partial charge in [-0.05, 0) is 31.7 Å². The summed E-state index contributed by atoms with van der Waals surface area (Å²) in [6.45, 7) is 4.35. The van der Waals surface area contributed by atoms with E-state index < -0.39 is 0 Å². The Kier molecular flexibility index (Phi) is 4.31. The third-order valence-corrected chi connectivity index (χ3v) is 2.37. The molecule has 0 aliphatic carbocycles. The van der Waals surface area contributed by atoms with Gasteiger partial charge in [0.1, 0.15) is 5.75 Å².